The van der Waals surface area contributed by atoms with Crippen molar-refractivity contribution in [3.8, 4) is 0 Å². The zero-order valence-corrected chi connectivity index (χ0v) is 8.19. The van der Waals surface area contributed by atoms with Gasteiger partial charge in [-0.1, -0.05) is 13.3 Å². The van der Waals surface area contributed by atoms with Gasteiger partial charge < -0.3 is 10.1 Å². The average molecular weight is 189 g/mol. The van der Waals surface area contributed by atoms with Gasteiger partial charge in [-0.05, 0) is 6.42 Å². The molecule has 0 saturated heterocycles. The fraction of sp³-hybridized carbons (Fsp3) is 0.800. The average Bonchev–Trinajstić information content (AvgIpc) is 1.68. The molecule has 0 atom stereocenters. The minimum absolute atomic E-state index is 0. The standard InChI is InChI=1S/C5H11NO.Y/c1-3-4-5(7)6-2;/h3-4H2,1-2H3,(H,6,7);/p-1. The maximum absolute atomic E-state index is 10.2. The summed E-state index contributed by atoms with van der Waals surface area (Å²) in [4.78, 5) is 10.2. The summed E-state index contributed by atoms with van der Waals surface area (Å²) < 4.78 is 0. The van der Waals surface area contributed by atoms with E-state index in [0.29, 0.717) is 6.42 Å². The fourth-order valence-corrected chi connectivity index (χ4v) is 0.326. The molecule has 8 heavy (non-hydrogen) atoms. The molecule has 0 rings (SSSR count). The zero-order valence-electron chi connectivity index (χ0n) is 5.35. The van der Waals surface area contributed by atoms with Crippen LogP contribution in [0.3, 0.4) is 0 Å². The molecule has 0 aromatic rings. The molecule has 0 heterocycles. The van der Waals surface area contributed by atoms with E-state index < -0.39 is 0 Å². The second-order valence-electron chi connectivity index (χ2n) is 1.37. The van der Waals surface area contributed by atoms with Crippen LogP contribution in [0.5, 0.6) is 0 Å². The van der Waals surface area contributed by atoms with E-state index in [1.165, 1.54) is 7.05 Å². The quantitative estimate of drug-likeness (QED) is 0.644. The zero-order chi connectivity index (χ0) is 5.70. The number of rotatable bonds is 2. The molecule has 0 aliphatic rings. The third kappa shape index (κ3) is 6.57. The van der Waals surface area contributed by atoms with Crippen LogP contribution in [0.15, 0.2) is 0 Å². The summed E-state index contributed by atoms with van der Waals surface area (Å²) in [6, 6.07) is 0. The predicted octanol–water partition coefficient (Wildman–Crippen LogP) is 1.31. The van der Waals surface area contributed by atoms with Crippen LogP contribution in [0.2, 0.25) is 0 Å². The van der Waals surface area contributed by atoms with Crippen LogP contribution in [0.25, 0.3) is 5.32 Å². The van der Waals surface area contributed by atoms with Crippen molar-refractivity contribution in [1.29, 1.82) is 0 Å². The van der Waals surface area contributed by atoms with Crippen LogP contribution in [-0.4, -0.2) is 13.0 Å². The van der Waals surface area contributed by atoms with Gasteiger partial charge >= 0.3 is 0 Å². The number of nitrogens with zero attached hydrogens (tertiary/aromatic N) is 1. The number of carbonyl (C=O) groups is 1. The van der Waals surface area contributed by atoms with Crippen LogP contribution in [0, 0.1) is 0 Å². The van der Waals surface area contributed by atoms with E-state index in [9.17, 15) is 4.79 Å². The molecule has 0 aromatic carbocycles. The Hall–Kier alpha value is 0.574. The number of carbonyl (C=O) groups excluding carboxylic acids is 1. The molecule has 2 nitrogen and oxygen atoms in total. The van der Waals surface area contributed by atoms with Gasteiger partial charge in [-0.2, -0.15) is 0 Å². The van der Waals surface area contributed by atoms with Crippen LogP contribution in [0.4, 0.5) is 0 Å². The van der Waals surface area contributed by atoms with E-state index in [4.69, 9.17) is 0 Å². The smallest absolute Gasteiger partial charge is 0.0509 e. The summed E-state index contributed by atoms with van der Waals surface area (Å²) in [6.07, 6.45) is 1.49. The Morgan fingerprint density at radius 1 is 1.62 bits per heavy atom. The van der Waals surface area contributed by atoms with Gasteiger partial charge in [0.2, 0.25) is 0 Å². The maximum atomic E-state index is 10.2. The third-order valence-electron chi connectivity index (χ3n) is 0.713. The van der Waals surface area contributed by atoms with Gasteiger partial charge in [0.25, 0.3) is 0 Å². The van der Waals surface area contributed by atoms with Crippen molar-refractivity contribution in [2.24, 2.45) is 0 Å². The molecular weight excluding hydrogens is 179 g/mol. The summed E-state index contributed by atoms with van der Waals surface area (Å²) >= 11 is 0. The normalized spacial score (nSPS) is 7.25. The molecule has 0 aromatic heterocycles. The van der Waals surface area contributed by atoms with Crippen molar-refractivity contribution in [3.05, 3.63) is 5.32 Å². The SMILES string of the molecule is CCCC(=O)[N-]C.[Y]. The summed E-state index contributed by atoms with van der Waals surface area (Å²) in [5, 5.41) is 3.44. The summed E-state index contributed by atoms with van der Waals surface area (Å²) in [5.41, 5.74) is 0. The Kier molecular flexibility index (Phi) is 10.8. The maximum Gasteiger partial charge on any atom is 0.0509 e. The Morgan fingerprint density at radius 2 is 2.12 bits per heavy atom. The van der Waals surface area contributed by atoms with Crippen molar-refractivity contribution in [1.82, 2.24) is 0 Å². The van der Waals surface area contributed by atoms with Gasteiger partial charge in [0, 0.05) is 32.7 Å². The topological polar surface area (TPSA) is 31.2 Å². The summed E-state index contributed by atoms with van der Waals surface area (Å²) in [6.45, 7) is 1.96. The van der Waals surface area contributed by atoms with Gasteiger partial charge in [-0.3, -0.25) is 0 Å². The van der Waals surface area contributed by atoms with Crippen LogP contribution in [-0.2, 0) is 37.5 Å². The van der Waals surface area contributed by atoms with Crippen molar-refractivity contribution in [2.45, 2.75) is 19.8 Å². The van der Waals surface area contributed by atoms with Crippen LogP contribution in [0.1, 0.15) is 19.8 Å². The first-order valence-corrected chi connectivity index (χ1v) is 2.44. The van der Waals surface area contributed by atoms with Crippen LogP contribution >= 0.6 is 0 Å². The van der Waals surface area contributed by atoms with Crippen molar-refractivity contribution in [2.75, 3.05) is 7.05 Å². The number of amides is 1. The second-order valence-corrected chi connectivity index (χ2v) is 1.37. The van der Waals surface area contributed by atoms with E-state index in [2.05, 4.69) is 5.32 Å². The molecule has 0 unspecified atom stereocenters. The van der Waals surface area contributed by atoms with Crippen molar-refractivity contribution < 1.29 is 37.5 Å². The van der Waals surface area contributed by atoms with E-state index in [-0.39, 0.29) is 38.6 Å². The molecule has 0 fully saturated rings. The Morgan fingerprint density at radius 3 is 2.25 bits per heavy atom. The predicted molar refractivity (Wildman–Crippen MR) is 29.2 cm³/mol. The van der Waals surface area contributed by atoms with E-state index in [0.717, 1.165) is 6.42 Å². The third-order valence-corrected chi connectivity index (χ3v) is 0.713. The van der Waals surface area contributed by atoms with Gasteiger partial charge in [-0.25, -0.2) is 0 Å². The number of hydrogen-bond acceptors (Lipinski definition) is 1. The first-order chi connectivity index (χ1) is 3.31. The fourth-order valence-electron chi connectivity index (χ4n) is 0.326. The molecule has 0 spiro atoms. The molecule has 0 N–H and O–H groups in total. The molecule has 1 radical (unpaired) electrons. The largest absolute Gasteiger partial charge is 0.656 e. The van der Waals surface area contributed by atoms with Crippen molar-refractivity contribution >= 4 is 5.91 Å². The summed E-state index contributed by atoms with van der Waals surface area (Å²) in [5.74, 6) is 0.00231. The monoisotopic (exact) mass is 189 g/mol. The van der Waals surface area contributed by atoms with Gasteiger partial charge in [0.1, 0.15) is 0 Å². The van der Waals surface area contributed by atoms with Gasteiger partial charge in [0.15, 0.2) is 0 Å². The Balaban J connectivity index is 0. The molecule has 0 bridgehead atoms. The second kappa shape index (κ2) is 7.57. The molecule has 3 heteroatoms. The first kappa shape index (κ1) is 11.4. The van der Waals surface area contributed by atoms with E-state index in [1.807, 2.05) is 6.92 Å². The van der Waals surface area contributed by atoms with E-state index in [1.54, 1.807) is 0 Å². The minimum atomic E-state index is 0. The molecule has 1 amide bonds. The molecular formula is C5H10NOY-. The number of hydrogen-bond donors (Lipinski definition) is 0. The van der Waals surface area contributed by atoms with Gasteiger partial charge in [-0.15, -0.1) is 7.05 Å². The Bertz CT molecular complexity index is 65.4. The molecule has 0 aliphatic carbocycles. The summed E-state index contributed by atoms with van der Waals surface area (Å²) in [7, 11) is 1.53. The molecule has 0 aliphatic heterocycles. The van der Waals surface area contributed by atoms with E-state index >= 15 is 0 Å². The van der Waals surface area contributed by atoms with Crippen molar-refractivity contribution in [3.63, 3.8) is 0 Å². The molecule has 45 valence electrons. The molecule has 0 saturated carbocycles. The minimum Gasteiger partial charge on any atom is -0.656 e. The Labute approximate surface area is 75.3 Å². The first-order valence-electron chi connectivity index (χ1n) is 2.44. The van der Waals surface area contributed by atoms with Crippen LogP contribution < -0.4 is 0 Å². The van der Waals surface area contributed by atoms with Gasteiger partial charge in [0.05, 0.1) is 5.91 Å².